The lowest BCUT2D eigenvalue weighted by Crippen LogP contribution is -2.01. The molecule has 0 aliphatic rings. The Balaban J connectivity index is 2.26. The number of phenolic OH excluding ortho intramolecular Hbond substituents is 3. The molecule has 0 spiro atoms. The Bertz CT molecular complexity index is 965. The molecular formula is C17H14O7. The lowest BCUT2D eigenvalue weighted by Gasteiger charge is -2.10. The van der Waals surface area contributed by atoms with Gasteiger partial charge in [-0.05, 0) is 12.1 Å². The summed E-state index contributed by atoms with van der Waals surface area (Å²) >= 11 is 0. The van der Waals surface area contributed by atoms with Crippen molar-refractivity contribution in [2.75, 3.05) is 14.2 Å². The molecule has 7 heteroatoms. The summed E-state index contributed by atoms with van der Waals surface area (Å²) in [5, 5.41) is 29.7. The van der Waals surface area contributed by atoms with Crippen LogP contribution in [0.2, 0.25) is 0 Å². The van der Waals surface area contributed by atoms with Crippen LogP contribution in [0.4, 0.5) is 0 Å². The zero-order chi connectivity index (χ0) is 17.4. The molecule has 0 unspecified atom stereocenters. The molecule has 0 aliphatic heterocycles. The van der Waals surface area contributed by atoms with Crippen LogP contribution in [0.5, 0.6) is 28.7 Å². The Morgan fingerprint density at radius 2 is 1.54 bits per heavy atom. The maximum atomic E-state index is 12.3. The second-order valence-corrected chi connectivity index (χ2v) is 5.04. The molecule has 0 bridgehead atoms. The van der Waals surface area contributed by atoms with E-state index < -0.39 is 5.43 Å². The molecule has 0 radical (unpaired) electrons. The summed E-state index contributed by atoms with van der Waals surface area (Å²) in [5.74, 6) is -0.520. The van der Waals surface area contributed by atoms with Gasteiger partial charge in [0.2, 0.25) is 5.75 Å². The Morgan fingerprint density at radius 1 is 0.875 bits per heavy atom. The number of methoxy groups -OCH3 is 2. The van der Waals surface area contributed by atoms with E-state index in [9.17, 15) is 20.1 Å². The zero-order valence-electron chi connectivity index (χ0n) is 12.9. The molecule has 1 heterocycles. The highest BCUT2D eigenvalue weighted by Crippen LogP contribution is 2.40. The second-order valence-electron chi connectivity index (χ2n) is 5.04. The summed E-state index contributed by atoms with van der Waals surface area (Å²) in [6, 6.07) is 6.52. The highest BCUT2D eigenvalue weighted by Gasteiger charge is 2.16. The third kappa shape index (κ3) is 2.45. The van der Waals surface area contributed by atoms with Crippen molar-refractivity contribution in [1.82, 2.24) is 0 Å². The van der Waals surface area contributed by atoms with Crippen molar-refractivity contribution in [3.63, 3.8) is 0 Å². The average molecular weight is 330 g/mol. The van der Waals surface area contributed by atoms with E-state index in [1.807, 2.05) is 0 Å². The molecule has 3 aromatic rings. The number of fused-ring (bicyclic) bond motifs is 1. The molecule has 0 saturated carbocycles. The van der Waals surface area contributed by atoms with Crippen LogP contribution < -0.4 is 14.9 Å². The van der Waals surface area contributed by atoms with E-state index in [0.29, 0.717) is 5.75 Å². The van der Waals surface area contributed by atoms with E-state index in [0.717, 1.165) is 6.07 Å². The van der Waals surface area contributed by atoms with E-state index in [-0.39, 0.29) is 45.3 Å². The minimum absolute atomic E-state index is 0.0153. The summed E-state index contributed by atoms with van der Waals surface area (Å²) in [6.07, 6.45) is 0. The molecule has 0 aliphatic carbocycles. The molecule has 0 saturated heterocycles. The molecule has 0 atom stereocenters. The number of hydrogen-bond donors (Lipinski definition) is 3. The first-order valence-electron chi connectivity index (χ1n) is 6.89. The van der Waals surface area contributed by atoms with Crippen LogP contribution in [0.15, 0.2) is 39.5 Å². The molecular weight excluding hydrogens is 316 g/mol. The van der Waals surface area contributed by atoms with Crippen molar-refractivity contribution in [3.8, 4) is 40.1 Å². The lowest BCUT2D eigenvalue weighted by molar-refractivity contribution is 0.345. The topological polar surface area (TPSA) is 109 Å². The number of hydrogen-bond acceptors (Lipinski definition) is 7. The molecule has 7 nitrogen and oxygen atoms in total. The van der Waals surface area contributed by atoms with E-state index in [2.05, 4.69) is 0 Å². The van der Waals surface area contributed by atoms with Gasteiger partial charge < -0.3 is 29.2 Å². The van der Waals surface area contributed by atoms with Crippen molar-refractivity contribution >= 4 is 11.0 Å². The Kier molecular flexibility index (Phi) is 3.69. The van der Waals surface area contributed by atoms with Crippen molar-refractivity contribution in [3.05, 3.63) is 40.6 Å². The quantitative estimate of drug-likeness (QED) is 0.677. The summed E-state index contributed by atoms with van der Waals surface area (Å²) in [7, 11) is 2.72. The number of rotatable bonds is 3. The van der Waals surface area contributed by atoms with Crippen LogP contribution in [0.1, 0.15) is 0 Å². The van der Waals surface area contributed by atoms with Gasteiger partial charge in [0.05, 0.1) is 14.2 Å². The molecule has 24 heavy (non-hydrogen) atoms. The second kappa shape index (κ2) is 5.69. The van der Waals surface area contributed by atoms with E-state index >= 15 is 0 Å². The molecule has 124 valence electrons. The fourth-order valence-electron chi connectivity index (χ4n) is 2.45. The highest BCUT2D eigenvalue weighted by atomic mass is 16.5. The summed E-state index contributed by atoms with van der Waals surface area (Å²) < 4.78 is 15.5. The van der Waals surface area contributed by atoms with E-state index in [4.69, 9.17) is 13.9 Å². The third-order valence-electron chi connectivity index (χ3n) is 3.56. The van der Waals surface area contributed by atoms with Crippen molar-refractivity contribution in [2.24, 2.45) is 0 Å². The first kappa shape index (κ1) is 15.5. The molecule has 1 aromatic heterocycles. The smallest absolute Gasteiger partial charge is 0.202 e. The number of aromatic hydroxyl groups is 3. The van der Waals surface area contributed by atoms with Crippen LogP contribution in [-0.2, 0) is 0 Å². The Labute approximate surface area is 135 Å². The van der Waals surface area contributed by atoms with E-state index in [1.165, 1.54) is 38.5 Å². The molecule has 2 aromatic carbocycles. The molecule has 0 amide bonds. The first-order valence-corrected chi connectivity index (χ1v) is 6.89. The summed E-state index contributed by atoms with van der Waals surface area (Å²) in [4.78, 5) is 12.3. The van der Waals surface area contributed by atoms with Gasteiger partial charge in [-0.15, -0.1) is 0 Å². The number of ether oxygens (including phenoxy) is 2. The number of phenols is 3. The highest BCUT2D eigenvalue weighted by molar-refractivity contribution is 5.86. The fourth-order valence-corrected chi connectivity index (χ4v) is 2.45. The van der Waals surface area contributed by atoms with Gasteiger partial charge in [-0.3, -0.25) is 4.79 Å². The largest absolute Gasteiger partial charge is 0.507 e. The van der Waals surface area contributed by atoms with Crippen molar-refractivity contribution in [2.45, 2.75) is 0 Å². The van der Waals surface area contributed by atoms with Gasteiger partial charge in [0.15, 0.2) is 16.9 Å². The van der Waals surface area contributed by atoms with Gasteiger partial charge in [0.1, 0.15) is 28.2 Å². The van der Waals surface area contributed by atoms with Gasteiger partial charge in [-0.2, -0.15) is 0 Å². The van der Waals surface area contributed by atoms with Gasteiger partial charge >= 0.3 is 0 Å². The van der Waals surface area contributed by atoms with Gasteiger partial charge in [0.25, 0.3) is 0 Å². The predicted octanol–water partition coefficient (Wildman–Crippen LogP) is 2.59. The van der Waals surface area contributed by atoms with Gasteiger partial charge in [-0.25, -0.2) is 0 Å². The standard InChI is InChI=1S/C17H14O7/c1-22-9-5-10(18)16-11(19)7-14(24-15(16)6-9)8-3-12(20)17(23-2)13(21)4-8/h3-7,18,20-21H,1-2H3. The van der Waals surface area contributed by atoms with Crippen LogP contribution in [-0.4, -0.2) is 29.5 Å². The van der Waals surface area contributed by atoms with Gasteiger partial charge in [0, 0.05) is 23.8 Å². The number of benzene rings is 2. The van der Waals surface area contributed by atoms with Gasteiger partial charge in [-0.1, -0.05) is 0 Å². The summed E-state index contributed by atoms with van der Waals surface area (Å²) in [6.45, 7) is 0. The maximum Gasteiger partial charge on any atom is 0.202 e. The predicted molar refractivity (Wildman–Crippen MR) is 86.0 cm³/mol. The lowest BCUT2D eigenvalue weighted by atomic mass is 10.1. The molecule has 3 rings (SSSR count). The Hall–Kier alpha value is -3.35. The summed E-state index contributed by atoms with van der Waals surface area (Å²) in [5.41, 5.74) is -0.0857. The monoisotopic (exact) mass is 330 g/mol. The van der Waals surface area contributed by atoms with Crippen LogP contribution in [0.3, 0.4) is 0 Å². The zero-order valence-corrected chi connectivity index (χ0v) is 12.9. The minimum Gasteiger partial charge on any atom is -0.507 e. The van der Waals surface area contributed by atoms with E-state index in [1.54, 1.807) is 0 Å². The minimum atomic E-state index is -0.471. The molecule has 3 N–H and O–H groups in total. The van der Waals surface area contributed by atoms with Crippen LogP contribution >= 0.6 is 0 Å². The van der Waals surface area contributed by atoms with Crippen molar-refractivity contribution in [1.29, 1.82) is 0 Å². The fraction of sp³-hybridized carbons (Fsp3) is 0.118. The third-order valence-corrected chi connectivity index (χ3v) is 3.56. The van der Waals surface area contributed by atoms with Crippen LogP contribution in [0, 0.1) is 0 Å². The maximum absolute atomic E-state index is 12.3. The normalized spacial score (nSPS) is 10.8. The first-order chi connectivity index (χ1) is 11.4. The average Bonchev–Trinajstić information content (AvgIpc) is 2.53. The Morgan fingerprint density at radius 3 is 2.12 bits per heavy atom. The SMILES string of the molecule is COc1cc(O)c2c(=O)cc(-c3cc(O)c(OC)c(O)c3)oc2c1. The van der Waals surface area contributed by atoms with Crippen LogP contribution in [0.25, 0.3) is 22.3 Å². The molecule has 0 fully saturated rings. The van der Waals surface area contributed by atoms with Crippen molar-refractivity contribution < 1.29 is 29.2 Å².